The molecule has 0 saturated heterocycles. The van der Waals surface area contributed by atoms with E-state index < -0.39 is 0 Å². The van der Waals surface area contributed by atoms with Gasteiger partial charge in [0.25, 0.3) is 5.91 Å². The molecule has 0 spiro atoms. The van der Waals surface area contributed by atoms with Gasteiger partial charge in [-0.2, -0.15) is 0 Å². The molecule has 6 heteroatoms. The summed E-state index contributed by atoms with van der Waals surface area (Å²) < 4.78 is 5.66. The number of nitrogens with zero attached hydrogens (tertiary/aromatic N) is 1. The molecule has 0 unspecified atom stereocenters. The third-order valence-corrected chi connectivity index (χ3v) is 4.74. The number of carbonyl (C=O) groups is 1. The number of carbonyl (C=O) groups excluding carboxylic acids is 1. The van der Waals surface area contributed by atoms with Crippen molar-refractivity contribution in [2.45, 2.75) is 0 Å². The highest BCUT2D eigenvalue weighted by Gasteiger charge is 2.25. The molecule has 6 nitrogen and oxygen atoms in total. The molecule has 1 aromatic carbocycles. The van der Waals surface area contributed by atoms with E-state index in [1.807, 2.05) is 48.8 Å². The lowest BCUT2D eigenvalue weighted by Gasteiger charge is -2.10. The Morgan fingerprint density at radius 2 is 1.81 bits per heavy atom. The Labute approximate surface area is 148 Å². The molecular weight excluding hydrogens is 328 g/mol. The number of H-pyrrole nitrogens is 2. The van der Waals surface area contributed by atoms with Crippen molar-refractivity contribution in [3.05, 3.63) is 66.1 Å². The van der Waals surface area contributed by atoms with Crippen molar-refractivity contribution in [1.29, 1.82) is 0 Å². The minimum Gasteiger partial charge on any atom is -0.361 e. The molecule has 1 amide bonds. The summed E-state index contributed by atoms with van der Waals surface area (Å²) in [5.74, 6) is -0.138. The summed E-state index contributed by atoms with van der Waals surface area (Å²) in [4.78, 5) is 23.7. The first-order chi connectivity index (χ1) is 12.8. The average Bonchev–Trinajstić information content (AvgIpc) is 3.24. The summed E-state index contributed by atoms with van der Waals surface area (Å²) in [6.45, 7) is 0.532. The molecule has 0 saturated carbocycles. The van der Waals surface area contributed by atoms with Crippen LogP contribution < -0.4 is 5.32 Å². The number of benzene rings is 1. The van der Waals surface area contributed by atoms with Crippen LogP contribution in [0, 0.1) is 0 Å². The molecule has 0 fully saturated rings. The number of aromatic amines is 2. The van der Waals surface area contributed by atoms with Gasteiger partial charge in [-0.05, 0) is 18.2 Å². The summed E-state index contributed by atoms with van der Waals surface area (Å²) in [6, 6.07) is 11.8. The molecule has 1 aliphatic heterocycles. The fourth-order valence-corrected chi connectivity index (χ4v) is 3.55. The average molecular weight is 344 g/mol. The van der Waals surface area contributed by atoms with Crippen LogP contribution >= 0.6 is 0 Å². The van der Waals surface area contributed by atoms with E-state index in [9.17, 15) is 4.79 Å². The van der Waals surface area contributed by atoms with Gasteiger partial charge < -0.3 is 20.0 Å². The number of hydrogen-bond donors (Lipinski definition) is 3. The number of pyridine rings is 1. The van der Waals surface area contributed by atoms with Crippen molar-refractivity contribution >= 4 is 39.0 Å². The predicted octanol–water partition coefficient (Wildman–Crippen LogP) is 3.06. The molecule has 3 N–H and O–H groups in total. The summed E-state index contributed by atoms with van der Waals surface area (Å²) in [5.41, 5.74) is 5.07. The Kier molecular flexibility index (Phi) is 3.36. The van der Waals surface area contributed by atoms with Crippen LogP contribution in [-0.4, -0.2) is 34.2 Å². The number of nitrogens with one attached hydrogen (secondary N) is 3. The SMILES string of the molecule is O=C1NCOCC(c2c[nH]c3ncccc23)=C1c1c[nH]c2ccccc12. The molecule has 0 bridgehead atoms. The molecule has 0 aliphatic carbocycles. The maximum Gasteiger partial charge on any atom is 0.254 e. The minimum absolute atomic E-state index is 0.138. The van der Waals surface area contributed by atoms with Gasteiger partial charge in [0, 0.05) is 51.6 Å². The Morgan fingerprint density at radius 1 is 0.962 bits per heavy atom. The number of aromatic nitrogens is 3. The third kappa shape index (κ3) is 2.23. The zero-order chi connectivity index (χ0) is 17.5. The highest BCUT2D eigenvalue weighted by atomic mass is 16.5. The van der Waals surface area contributed by atoms with E-state index in [1.54, 1.807) is 6.20 Å². The molecule has 5 rings (SSSR count). The van der Waals surface area contributed by atoms with Gasteiger partial charge in [-0.1, -0.05) is 18.2 Å². The van der Waals surface area contributed by atoms with Gasteiger partial charge in [0.05, 0.1) is 12.2 Å². The van der Waals surface area contributed by atoms with Gasteiger partial charge in [0.1, 0.15) is 12.4 Å². The second-order valence-electron chi connectivity index (χ2n) is 6.20. The van der Waals surface area contributed by atoms with E-state index in [4.69, 9.17) is 4.74 Å². The van der Waals surface area contributed by atoms with Crippen LogP contribution in [0.25, 0.3) is 33.1 Å². The highest BCUT2D eigenvalue weighted by Crippen LogP contribution is 2.35. The number of fused-ring (bicyclic) bond motifs is 2. The normalized spacial score (nSPS) is 15.5. The monoisotopic (exact) mass is 344 g/mol. The van der Waals surface area contributed by atoms with Crippen LogP contribution in [0.1, 0.15) is 11.1 Å². The van der Waals surface area contributed by atoms with Crippen LogP contribution in [0.2, 0.25) is 0 Å². The molecule has 0 radical (unpaired) electrons. The summed E-state index contributed by atoms with van der Waals surface area (Å²) in [5, 5.41) is 4.81. The molecule has 0 atom stereocenters. The van der Waals surface area contributed by atoms with Crippen molar-refractivity contribution in [2.75, 3.05) is 13.3 Å². The van der Waals surface area contributed by atoms with Gasteiger partial charge in [-0.15, -0.1) is 0 Å². The predicted molar refractivity (Wildman–Crippen MR) is 100 cm³/mol. The maximum absolute atomic E-state index is 12.9. The van der Waals surface area contributed by atoms with Crippen LogP contribution in [0.4, 0.5) is 0 Å². The Balaban J connectivity index is 1.82. The lowest BCUT2D eigenvalue weighted by Crippen LogP contribution is -2.24. The van der Waals surface area contributed by atoms with E-state index in [-0.39, 0.29) is 12.6 Å². The Hall–Kier alpha value is -3.38. The molecule has 4 heterocycles. The Morgan fingerprint density at radius 3 is 2.77 bits per heavy atom. The second-order valence-corrected chi connectivity index (χ2v) is 6.20. The number of para-hydroxylation sites is 1. The first-order valence-corrected chi connectivity index (χ1v) is 8.41. The maximum atomic E-state index is 12.9. The van der Waals surface area contributed by atoms with Crippen LogP contribution in [0.5, 0.6) is 0 Å². The fourth-order valence-electron chi connectivity index (χ4n) is 3.55. The molecular formula is C20H16N4O2. The van der Waals surface area contributed by atoms with Crippen molar-refractivity contribution in [3.8, 4) is 0 Å². The molecule has 1 aliphatic rings. The zero-order valence-electron chi connectivity index (χ0n) is 13.9. The lowest BCUT2D eigenvalue weighted by molar-refractivity contribution is -0.116. The fraction of sp³-hybridized carbons (Fsp3) is 0.100. The van der Waals surface area contributed by atoms with Gasteiger partial charge in [-0.3, -0.25) is 4.79 Å². The van der Waals surface area contributed by atoms with E-state index in [1.165, 1.54) is 0 Å². The van der Waals surface area contributed by atoms with Crippen LogP contribution in [0.15, 0.2) is 55.0 Å². The number of amides is 1. The third-order valence-electron chi connectivity index (χ3n) is 4.74. The molecule has 128 valence electrons. The van der Waals surface area contributed by atoms with Crippen molar-refractivity contribution in [3.63, 3.8) is 0 Å². The minimum atomic E-state index is -0.138. The highest BCUT2D eigenvalue weighted by molar-refractivity contribution is 6.30. The number of hydrogen-bond acceptors (Lipinski definition) is 3. The van der Waals surface area contributed by atoms with Gasteiger partial charge in [0.2, 0.25) is 0 Å². The molecule has 4 aromatic rings. The molecule has 3 aromatic heterocycles. The largest absolute Gasteiger partial charge is 0.361 e. The van der Waals surface area contributed by atoms with Gasteiger partial charge >= 0.3 is 0 Å². The van der Waals surface area contributed by atoms with Gasteiger partial charge in [0.15, 0.2) is 0 Å². The van der Waals surface area contributed by atoms with Crippen molar-refractivity contribution in [2.24, 2.45) is 0 Å². The van der Waals surface area contributed by atoms with Crippen LogP contribution in [-0.2, 0) is 9.53 Å². The summed E-state index contributed by atoms with van der Waals surface area (Å²) >= 11 is 0. The van der Waals surface area contributed by atoms with E-state index >= 15 is 0 Å². The zero-order valence-corrected chi connectivity index (χ0v) is 13.9. The quantitative estimate of drug-likeness (QED) is 0.523. The first kappa shape index (κ1) is 14.9. The summed E-state index contributed by atoms with van der Waals surface area (Å²) in [6.07, 6.45) is 5.52. The number of rotatable bonds is 2. The van der Waals surface area contributed by atoms with Crippen LogP contribution in [0.3, 0.4) is 0 Å². The van der Waals surface area contributed by atoms with Crippen molar-refractivity contribution < 1.29 is 9.53 Å². The number of ether oxygens (including phenoxy) is 1. The lowest BCUT2D eigenvalue weighted by atomic mass is 9.94. The van der Waals surface area contributed by atoms with Crippen molar-refractivity contribution in [1.82, 2.24) is 20.3 Å². The smallest absolute Gasteiger partial charge is 0.254 e. The summed E-state index contributed by atoms with van der Waals surface area (Å²) in [7, 11) is 0. The molecule has 26 heavy (non-hydrogen) atoms. The second kappa shape index (κ2) is 5.86. The topological polar surface area (TPSA) is 82.8 Å². The van der Waals surface area contributed by atoms with E-state index in [0.717, 1.165) is 38.6 Å². The standard InChI is InChI=1S/C20H16N4O2/c25-20-18(15-9-22-17-6-2-1-4-12(15)17)16(10-26-11-24-20)14-8-23-19-13(14)5-3-7-21-19/h1-9,22H,10-11H2,(H,21,23)(H,24,25). The van der Waals surface area contributed by atoms with E-state index in [2.05, 4.69) is 20.3 Å². The van der Waals surface area contributed by atoms with Gasteiger partial charge in [-0.25, -0.2) is 4.98 Å². The van der Waals surface area contributed by atoms with E-state index in [0.29, 0.717) is 12.2 Å². The first-order valence-electron chi connectivity index (χ1n) is 8.41. The Bertz CT molecular complexity index is 1170.